The highest BCUT2D eigenvalue weighted by atomic mass is 16.5. The highest BCUT2D eigenvalue weighted by Gasteiger charge is 2.26. The van der Waals surface area contributed by atoms with E-state index in [1.54, 1.807) is 36.4 Å². The van der Waals surface area contributed by atoms with Crippen molar-refractivity contribution in [3.63, 3.8) is 0 Å². The Balaban J connectivity index is 2.44. The number of carbonyl (C=O) groups excluding carboxylic acids is 2. The molecule has 114 valence electrons. The molecule has 1 atom stereocenters. The predicted molar refractivity (Wildman–Crippen MR) is 79.9 cm³/mol. The fourth-order valence-electron chi connectivity index (χ4n) is 2.07. The maximum Gasteiger partial charge on any atom is 0.303 e. The van der Waals surface area contributed by atoms with E-state index in [0.717, 1.165) is 0 Å². The molecule has 5 nitrogen and oxygen atoms in total. The van der Waals surface area contributed by atoms with Crippen molar-refractivity contribution in [3.05, 3.63) is 59.7 Å². The van der Waals surface area contributed by atoms with E-state index in [-0.39, 0.29) is 11.5 Å². The summed E-state index contributed by atoms with van der Waals surface area (Å²) in [5.74, 6) is -0.666. The smallest absolute Gasteiger partial charge is 0.303 e. The molecule has 0 aromatic heterocycles. The number of hydrogen-bond donors (Lipinski definition) is 1. The summed E-state index contributed by atoms with van der Waals surface area (Å²) in [6.45, 7) is 1.23. The largest absolute Gasteiger partial charge is 0.508 e. The van der Waals surface area contributed by atoms with E-state index < -0.39 is 12.1 Å². The van der Waals surface area contributed by atoms with Crippen LogP contribution in [0.15, 0.2) is 48.5 Å². The predicted octanol–water partition coefficient (Wildman–Crippen LogP) is 2.89. The fourth-order valence-corrected chi connectivity index (χ4v) is 2.07. The van der Waals surface area contributed by atoms with Crippen molar-refractivity contribution >= 4 is 11.8 Å². The second-order valence-electron chi connectivity index (χ2n) is 4.68. The molecule has 0 amide bonds. The van der Waals surface area contributed by atoms with Crippen molar-refractivity contribution in [2.45, 2.75) is 13.0 Å². The number of ketones is 1. The lowest BCUT2D eigenvalue weighted by molar-refractivity contribution is -0.144. The van der Waals surface area contributed by atoms with E-state index in [0.29, 0.717) is 16.9 Å². The summed E-state index contributed by atoms with van der Waals surface area (Å²) in [6, 6.07) is 12.8. The summed E-state index contributed by atoms with van der Waals surface area (Å²) in [4.78, 5) is 23.9. The molecule has 0 fully saturated rings. The first-order valence-corrected chi connectivity index (χ1v) is 6.65. The van der Waals surface area contributed by atoms with Gasteiger partial charge in [0.1, 0.15) is 11.5 Å². The zero-order valence-electron chi connectivity index (χ0n) is 12.3. The van der Waals surface area contributed by atoms with Crippen LogP contribution in [0.2, 0.25) is 0 Å². The van der Waals surface area contributed by atoms with E-state index in [1.165, 1.54) is 26.2 Å². The average Bonchev–Trinajstić information content (AvgIpc) is 2.52. The molecule has 0 radical (unpaired) electrons. The van der Waals surface area contributed by atoms with Gasteiger partial charge in [-0.05, 0) is 12.1 Å². The van der Waals surface area contributed by atoms with Gasteiger partial charge in [-0.2, -0.15) is 0 Å². The molecule has 0 bridgehead atoms. The lowest BCUT2D eigenvalue weighted by Gasteiger charge is -2.17. The van der Waals surface area contributed by atoms with Crippen molar-refractivity contribution in [2.24, 2.45) is 0 Å². The van der Waals surface area contributed by atoms with Gasteiger partial charge in [-0.25, -0.2) is 0 Å². The van der Waals surface area contributed by atoms with Crippen LogP contribution in [0, 0.1) is 0 Å². The van der Waals surface area contributed by atoms with Crippen LogP contribution < -0.4 is 4.74 Å². The number of methoxy groups -OCH3 is 1. The molecule has 0 aliphatic rings. The fraction of sp³-hybridized carbons (Fsp3) is 0.176. The lowest BCUT2D eigenvalue weighted by atomic mass is 9.99. The minimum absolute atomic E-state index is 0.0765. The summed E-state index contributed by atoms with van der Waals surface area (Å²) in [7, 11) is 1.44. The monoisotopic (exact) mass is 300 g/mol. The molecular formula is C17H16O5. The van der Waals surface area contributed by atoms with Crippen molar-refractivity contribution in [3.8, 4) is 11.5 Å². The number of hydrogen-bond acceptors (Lipinski definition) is 5. The van der Waals surface area contributed by atoms with E-state index in [1.807, 2.05) is 0 Å². The van der Waals surface area contributed by atoms with Gasteiger partial charge < -0.3 is 14.6 Å². The van der Waals surface area contributed by atoms with E-state index >= 15 is 0 Å². The third-order valence-electron chi connectivity index (χ3n) is 3.03. The Morgan fingerprint density at radius 1 is 1.09 bits per heavy atom. The third-order valence-corrected chi connectivity index (χ3v) is 3.03. The summed E-state index contributed by atoms with van der Waals surface area (Å²) < 4.78 is 10.2. The molecule has 0 saturated carbocycles. The van der Waals surface area contributed by atoms with Crippen LogP contribution >= 0.6 is 0 Å². The molecular weight excluding hydrogens is 284 g/mol. The van der Waals surface area contributed by atoms with Crippen LogP contribution in [0.4, 0.5) is 0 Å². The van der Waals surface area contributed by atoms with Crippen molar-refractivity contribution < 1.29 is 24.2 Å². The van der Waals surface area contributed by atoms with Gasteiger partial charge in [-0.15, -0.1) is 0 Å². The highest BCUT2D eigenvalue weighted by Crippen LogP contribution is 2.30. The van der Waals surface area contributed by atoms with Gasteiger partial charge >= 0.3 is 5.97 Å². The summed E-state index contributed by atoms with van der Waals surface area (Å²) in [6.07, 6.45) is -1.14. The number of benzene rings is 2. The minimum atomic E-state index is -1.14. The third kappa shape index (κ3) is 3.63. The number of ether oxygens (including phenoxy) is 2. The van der Waals surface area contributed by atoms with Gasteiger partial charge in [-0.3, -0.25) is 9.59 Å². The number of phenolic OH excluding ortho intramolecular Hbond substituents is 1. The van der Waals surface area contributed by atoms with E-state index in [9.17, 15) is 14.7 Å². The average molecular weight is 300 g/mol. The molecule has 2 aromatic rings. The van der Waals surface area contributed by atoms with Crippen LogP contribution in [-0.4, -0.2) is 24.0 Å². The maximum atomic E-state index is 12.6. The Morgan fingerprint density at radius 3 is 2.36 bits per heavy atom. The number of phenols is 1. The van der Waals surface area contributed by atoms with Crippen LogP contribution in [0.3, 0.4) is 0 Å². The zero-order chi connectivity index (χ0) is 16.1. The SMILES string of the molecule is COc1cc(O)cc(C(OC(C)=O)C(=O)c2ccccc2)c1. The first kappa shape index (κ1) is 15.6. The van der Waals surface area contributed by atoms with Crippen molar-refractivity contribution in [1.29, 1.82) is 0 Å². The lowest BCUT2D eigenvalue weighted by Crippen LogP contribution is -2.19. The maximum absolute atomic E-state index is 12.6. The molecule has 0 heterocycles. The van der Waals surface area contributed by atoms with Gasteiger partial charge in [0.2, 0.25) is 5.78 Å². The number of aromatic hydroxyl groups is 1. The molecule has 1 N–H and O–H groups in total. The van der Waals surface area contributed by atoms with Gasteiger partial charge in [0, 0.05) is 24.1 Å². The number of Topliss-reactive ketones (excluding diaryl/α,β-unsaturated/α-hetero) is 1. The summed E-state index contributed by atoms with van der Waals surface area (Å²) >= 11 is 0. The zero-order valence-corrected chi connectivity index (χ0v) is 12.3. The molecule has 0 saturated heterocycles. The van der Waals surface area contributed by atoms with Crippen LogP contribution in [0.5, 0.6) is 11.5 Å². The molecule has 22 heavy (non-hydrogen) atoms. The quantitative estimate of drug-likeness (QED) is 0.679. The second-order valence-corrected chi connectivity index (χ2v) is 4.68. The summed E-state index contributed by atoms with van der Waals surface area (Å²) in [5.41, 5.74) is 0.761. The molecule has 5 heteroatoms. The standard InChI is InChI=1S/C17H16O5/c1-11(18)22-17(16(20)12-6-4-3-5-7-12)13-8-14(19)10-15(9-13)21-2/h3-10,17,19H,1-2H3. The first-order valence-electron chi connectivity index (χ1n) is 6.65. The molecule has 2 rings (SSSR count). The molecule has 0 aliphatic carbocycles. The Bertz CT molecular complexity index is 679. The van der Waals surface area contributed by atoms with Gasteiger partial charge in [-0.1, -0.05) is 30.3 Å². The van der Waals surface area contributed by atoms with E-state index in [2.05, 4.69) is 0 Å². The number of carbonyl (C=O) groups is 2. The Labute approximate surface area is 128 Å². The van der Waals surface area contributed by atoms with Crippen molar-refractivity contribution in [1.82, 2.24) is 0 Å². The summed E-state index contributed by atoms with van der Waals surface area (Å²) in [5, 5.41) is 9.73. The molecule has 0 spiro atoms. The van der Waals surface area contributed by atoms with Gasteiger partial charge in [0.25, 0.3) is 0 Å². The highest BCUT2D eigenvalue weighted by molar-refractivity contribution is 6.01. The Hall–Kier alpha value is -2.82. The second kappa shape index (κ2) is 6.76. The molecule has 1 unspecified atom stereocenters. The Morgan fingerprint density at radius 2 is 1.77 bits per heavy atom. The van der Waals surface area contributed by atoms with E-state index in [4.69, 9.17) is 9.47 Å². The number of rotatable bonds is 5. The molecule has 0 aliphatic heterocycles. The van der Waals surface area contributed by atoms with Gasteiger partial charge in [0.05, 0.1) is 7.11 Å². The normalized spacial score (nSPS) is 11.5. The van der Waals surface area contributed by atoms with Crippen molar-refractivity contribution in [2.75, 3.05) is 7.11 Å². The van der Waals surface area contributed by atoms with Crippen LogP contribution in [-0.2, 0) is 9.53 Å². The van der Waals surface area contributed by atoms with Crippen LogP contribution in [0.25, 0.3) is 0 Å². The Kier molecular flexibility index (Phi) is 4.78. The molecule has 2 aromatic carbocycles. The first-order chi connectivity index (χ1) is 10.5. The van der Waals surface area contributed by atoms with Crippen LogP contribution in [0.1, 0.15) is 28.9 Å². The van der Waals surface area contributed by atoms with Gasteiger partial charge in [0.15, 0.2) is 6.10 Å². The number of esters is 1. The minimum Gasteiger partial charge on any atom is -0.508 e. The topological polar surface area (TPSA) is 72.8 Å².